The molecular weight excluding hydrogens is 302 g/mol. The first-order valence-electron chi connectivity index (χ1n) is 5.32. The van der Waals surface area contributed by atoms with Gasteiger partial charge in [-0.15, -0.1) is 5.10 Å². The monoisotopic (exact) mass is 311 g/mol. The zero-order valence-corrected chi connectivity index (χ0v) is 11.6. The number of hydrogen-bond donors (Lipinski definition) is 0. The molecule has 2 aromatic heterocycles. The maximum Gasteiger partial charge on any atom is 0.215 e. The first kappa shape index (κ1) is 11.2. The van der Waals surface area contributed by atoms with Crippen LogP contribution in [0.1, 0.15) is 24.4 Å². The molecule has 0 N–H and O–H groups in total. The molecule has 7 heteroatoms. The number of nitrogens with zero attached hydrogens (tertiary/aromatic N) is 5. The van der Waals surface area contributed by atoms with E-state index in [0.717, 1.165) is 20.2 Å². The number of aryl methyl sites for hydroxylation is 1. The van der Waals surface area contributed by atoms with Crippen molar-refractivity contribution < 1.29 is 0 Å². The van der Waals surface area contributed by atoms with Crippen LogP contribution in [0.2, 0.25) is 0 Å². The van der Waals surface area contributed by atoms with Gasteiger partial charge in [-0.05, 0) is 69.5 Å². The van der Waals surface area contributed by atoms with Crippen molar-refractivity contribution in [1.29, 1.82) is 0 Å². The maximum atomic E-state index is 4.34. The largest absolute Gasteiger partial charge is 0.248 e. The van der Waals surface area contributed by atoms with Crippen LogP contribution in [0.15, 0.2) is 26.9 Å². The Morgan fingerprint density at radius 1 is 1.47 bits per heavy atom. The molecule has 0 amide bonds. The molecule has 0 aromatic carbocycles. The van der Waals surface area contributed by atoms with Crippen LogP contribution in [-0.4, -0.2) is 25.2 Å². The fourth-order valence-corrected chi connectivity index (χ4v) is 2.84. The Morgan fingerprint density at radius 3 is 3.06 bits per heavy atom. The predicted molar refractivity (Wildman–Crippen MR) is 66.9 cm³/mol. The average Bonchev–Trinajstić information content (AvgIpc) is 3.06. The van der Waals surface area contributed by atoms with Gasteiger partial charge in [0.15, 0.2) is 0 Å². The Labute approximate surface area is 111 Å². The molecule has 0 saturated heterocycles. The fraction of sp³-hybridized carbons (Fsp3) is 0.400. The molecule has 1 aliphatic carbocycles. The van der Waals surface area contributed by atoms with Gasteiger partial charge in [-0.25, -0.2) is 9.67 Å². The van der Waals surface area contributed by atoms with Crippen LogP contribution in [-0.2, 0) is 0 Å². The molecule has 5 nitrogen and oxygen atoms in total. The van der Waals surface area contributed by atoms with E-state index in [0.29, 0.717) is 6.04 Å². The van der Waals surface area contributed by atoms with E-state index in [9.17, 15) is 0 Å². The lowest BCUT2D eigenvalue weighted by Crippen LogP contribution is -1.99. The highest BCUT2D eigenvalue weighted by Crippen LogP contribution is 2.39. The lowest BCUT2D eigenvalue weighted by Gasteiger charge is -2.05. The summed E-state index contributed by atoms with van der Waals surface area (Å²) in [6.45, 7) is 2.04. The van der Waals surface area contributed by atoms with Crippen molar-refractivity contribution in [2.75, 3.05) is 0 Å². The molecule has 0 radical (unpaired) electrons. The van der Waals surface area contributed by atoms with Crippen LogP contribution in [0.3, 0.4) is 0 Å². The Bertz CT molecular complexity index is 551. The predicted octanol–water partition coefficient (Wildman–Crippen LogP) is 2.63. The summed E-state index contributed by atoms with van der Waals surface area (Å²) >= 11 is 5.04. The third-order valence-corrected chi connectivity index (χ3v) is 4.81. The van der Waals surface area contributed by atoms with E-state index in [1.807, 2.05) is 17.7 Å². The number of tetrazole rings is 1. The average molecular weight is 312 g/mol. The van der Waals surface area contributed by atoms with Gasteiger partial charge in [0.2, 0.25) is 5.16 Å². The number of hydrogen-bond acceptors (Lipinski definition) is 5. The zero-order chi connectivity index (χ0) is 11.8. The van der Waals surface area contributed by atoms with Gasteiger partial charge in [0.05, 0.1) is 10.5 Å². The quantitative estimate of drug-likeness (QED) is 0.872. The van der Waals surface area contributed by atoms with Crippen LogP contribution < -0.4 is 0 Å². The summed E-state index contributed by atoms with van der Waals surface area (Å²) in [7, 11) is 0. The molecule has 0 unspecified atom stereocenters. The Morgan fingerprint density at radius 2 is 2.29 bits per heavy atom. The van der Waals surface area contributed by atoms with E-state index < -0.39 is 0 Å². The van der Waals surface area contributed by atoms with Gasteiger partial charge in [-0.3, -0.25) is 0 Å². The first-order chi connectivity index (χ1) is 8.25. The summed E-state index contributed by atoms with van der Waals surface area (Å²) in [4.78, 5) is 4.34. The van der Waals surface area contributed by atoms with Crippen LogP contribution in [0.4, 0.5) is 0 Å². The molecule has 3 rings (SSSR count). The highest BCUT2D eigenvalue weighted by molar-refractivity contribution is 9.10. The number of aromatic nitrogens is 5. The van der Waals surface area contributed by atoms with Gasteiger partial charge in [0.25, 0.3) is 0 Å². The van der Waals surface area contributed by atoms with Gasteiger partial charge in [0, 0.05) is 6.20 Å². The van der Waals surface area contributed by atoms with Crippen molar-refractivity contribution >= 4 is 27.7 Å². The van der Waals surface area contributed by atoms with Gasteiger partial charge >= 0.3 is 0 Å². The molecule has 88 valence electrons. The molecule has 0 bridgehead atoms. The summed E-state index contributed by atoms with van der Waals surface area (Å²) < 4.78 is 2.90. The third-order valence-electron chi connectivity index (χ3n) is 2.59. The van der Waals surface area contributed by atoms with Crippen molar-refractivity contribution in [2.24, 2.45) is 0 Å². The Hall–Kier alpha value is -0.950. The van der Waals surface area contributed by atoms with Crippen molar-refractivity contribution in [3.63, 3.8) is 0 Å². The summed E-state index contributed by atoms with van der Waals surface area (Å²) in [6.07, 6.45) is 4.13. The van der Waals surface area contributed by atoms with E-state index in [-0.39, 0.29) is 0 Å². The lowest BCUT2D eigenvalue weighted by atomic mass is 10.3. The second-order valence-electron chi connectivity index (χ2n) is 3.99. The molecule has 1 fully saturated rings. The van der Waals surface area contributed by atoms with Gasteiger partial charge in [0.1, 0.15) is 5.03 Å². The molecule has 17 heavy (non-hydrogen) atoms. The van der Waals surface area contributed by atoms with Crippen LogP contribution >= 0.6 is 27.7 Å². The number of halogens is 1. The van der Waals surface area contributed by atoms with Crippen molar-refractivity contribution in [2.45, 2.75) is 36.0 Å². The molecule has 2 heterocycles. The topological polar surface area (TPSA) is 56.5 Å². The molecule has 0 aliphatic heterocycles. The van der Waals surface area contributed by atoms with Crippen molar-refractivity contribution in [1.82, 2.24) is 25.2 Å². The number of rotatable bonds is 3. The molecule has 1 aliphatic rings. The highest BCUT2D eigenvalue weighted by Gasteiger charge is 2.28. The highest BCUT2D eigenvalue weighted by atomic mass is 79.9. The fourth-order valence-electron chi connectivity index (χ4n) is 1.47. The minimum Gasteiger partial charge on any atom is -0.248 e. The molecule has 0 spiro atoms. The smallest absolute Gasteiger partial charge is 0.215 e. The Kier molecular flexibility index (Phi) is 2.87. The molecule has 0 atom stereocenters. The second-order valence-corrected chi connectivity index (χ2v) is 5.74. The van der Waals surface area contributed by atoms with Gasteiger partial charge in [-0.1, -0.05) is 0 Å². The van der Waals surface area contributed by atoms with E-state index >= 15 is 0 Å². The summed E-state index contributed by atoms with van der Waals surface area (Å²) in [6, 6.07) is 2.45. The van der Waals surface area contributed by atoms with Gasteiger partial charge in [-0.2, -0.15) is 0 Å². The number of pyridine rings is 1. The van der Waals surface area contributed by atoms with E-state index in [4.69, 9.17) is 0 Å². The second kappa shape index (κ2) is 4.38. The SMILES string of the molecule is Cc1ccnc(Sc2nnnn2C2CC2)c1Br. The Balaban J connectivity index is 1.91. The minimum absolute atomic E-state index is 0.482. The van der Waals surface area contributed by atoms with Crippen molar-refractivity contribution in [3.05, 3.63) is 22.3 Å². The van der Waals surface area contributed by atoms with E-state index in [1.165, 1.54) is 24.6 Å². The van der Waals surface area contributed by atoms with E-state index in [1.54, 1.807) is 6.20 Å². The van der Waals surface area contributed by atoms with Crippen molar-refractivity contribution in [3.8, 4) is 0 Å². The van der Waals surface area contributed by atoms with Crippen LogP contribution in [0.5, 0.6) is 0 Å². The lowest BCUT2D eigenvalue weighted by molar-refractivity contribution is 0.565. The summed E-state index contributed by atoms with van der Waals surface area (Å²) in [5.74, 6) is 0. The summed E-state index contributed by atoms with van der Waals surface area (Å²) in [5.41, 5.74) is 1.16. The normalized spacial score (nSPS) is 15.2. The first-order valence-corrected chi connectivity index (χ1v) is 6.93. The maximum absolute atomic E-state index is 4.34. The standard InChI is InChI=1S/C10H10BrN5S/c1-6-4-5-12-9(8(6)11)17-10-13-14-15-16(10)7-2-3-7/h4-5,7H,2-3H2,1H3. The van der Waals surface area contributed by atoms with Gasteiger partial charge < -0.3 is 0 Å². The summed E-state index contributed by atoms with van der Waals surface area (Å²) in [5, 5.41) is 13.5. The molecule has 2 aromatic rings. The van der Waals surface area contributed by atoms with Crippen LogP contribution in [0, 0.1) is 6.92 Å². The molecule has 1 saturated carbocycles. The molecular formula is C10H10BrN5S. The van der Waals surface area contributed by atoms with Crippen LogP contribution in [0.25, 0.3) is 0 Å². The third kappa shape index (κ3) is 2.21. The minimum atomic E-state index is 0.482. The van der Waals surface area contributed by atoms with E-state index in [2.05, 4.69) is 36.4 Å². The zero-order valence-electron chi connectivity index (χ0n) is 9.17.